The molecule has 1 aromatic heterocycles. The molecule has 1 heterocycles. The van der Waals surface area contributed by atoms with Crippen molar-refractivity contribution in [1.29, 1.82) is 0 Å². The van der Waals surface area contributed by atoms with Crippen LogP contribution in [0.3, 0.4) is 0 Å². The van der Waals surface area contributed by atoms with Crippen molar-refractivity contribution in [2.45, 2.75) is 32.9 Å². The Morgan fingerprint density at radius 1 is 0.971 bits per heavy atom. The van der Waals surface area contributed by atoms with Crippen molar-refractivity contribution in [1.82, 2.24) is 10.5 Å². The van der Waals surface area contributed by atoms with Gasteiger partial charge in [-0.1, -0.05) is 71.4 Å². The zero-order valence-electron chi connectivity index (χ0n) is 20.3. The summed E-state index contributed by atoms with van der Waals surface area (Å²) in [6.45, 7) is 4.88. The van der Waals surface area contributed by atoms with E-state index in [2.05, 4.69) is 39.6 Å². The molecule has 0 bridgehead atoms. The number of rotatable bonds is 10. The Morgan fingerprint density at radius 3 is 2.26 bits per heavy atom. The SMILES string of the molecule is Cc1noc(C)c1CN(C)c1ccc(CC(=O)CNC(c2ccccc2)c2ccc(Cl)cc2)cc1. The lowest BCUT2D eigenvalue weighted by atomic mass is 9.98. The van der Waals surface area contributed by atoms with Crippen molar-refractivity contribution < 1.29 is 9.32 Å². The molecule has 4 aromatic rings. The van der Waals surface area contributed by atoms with Gasteiger partial charge in [0.05, 0.1) is 18.3 Å². The zero-order chi connectivity index (χ0) is 24.8. The largest absolute Gasteiger partial charge is 0.370 e. The van der Waals surface area contributed by atoms with Crippen molar-refractivity contribution in [2.24, 2.45) is 0 Å². The minimum absolute atomic E-state index is 0.0854. The van der Waals surface area contributed by atoms with Crippen LogP contribution in [-0.2, 0) is 17.8 Å². The first-order valence-electron chi connectivity index (χ1n) is 11.7. The minimum atomic E-state index is -0.0854. The van der Waals surface area contributed by atoms with Crippen LogP contribution in [0, 0.1) is 13.8 Å². The van der Waals surface area contributed by atoms with Crippen LogP contribution >= 0.6 is 11.6 Å². The van der Waals surface area contributed by atoms with E-state index in [1.807, 2.05) is 75.5 Å². The molecule has 0 saturated heterocycles. The maximum atomic E-state index is 12.8. The molecule has 6 heteroatoms. The fraction of sp³-hybridized carbons (Fsp3) is 0.241. The monoisotopic (exact) mass is 487 g/mol. The van der Waals surface area contributed by atoms with Crippen LogP contribution < -0.4 is 10.2 Å². The molecule has 0 aliphatic rings. The molecule has 4 rings (SSSR count). The molecule has 3 aromatic carbocycles. The maximum absolute atomic E-state index is 12.8. The predicted octanol–water partition coefficient (Wildman–Crippen LogP) is 6.07. The molecule has 0 saturated carbocycles. The number of hydrogen-bond acceptors (Lipinski definition) is 5. The van der Waals surface area contributed by atoms with Gasteiger partial charge in [0, 0.05) is 36.3 Å². The Bertz CT molecular complexity index is 1230. The van der Waals surface area contributed by atoms with E-state index in [1.165, 1.54) is 0 Å². The Balaban J connectivity index is 1.37. The molecule has 1 N–H and O–H groups in total. The number of ketones is 1. The highest BCUT2D eigenvalue weighted by atomic mass is 35.5. The van der Waals surface area contributed by atoms with E-state index < -0.39 is 0 Å². The quantitative estimate of drug-likeness (QED) is 0.294. The Hall–Kier alpha value is -3.41. The number of anilines is 1. The second-order valence-corrected chi connectivity index (χ2v) is 9.25. The third kappa shape index (κ3) is 6.38. The molecule has 0 spiro atoms. The summed E-state index contributed by atoms with van der Waals surface area (Å²) in [6, 6.07) is 25.9. The summed E-state index contributed by atoms with van der Waals surface area (Å²) < 4.78 is 5.27. The van der Waals surface area contributed by atoms with E-state index in [4.69, 9.17) is 16.1 Å². The highest BCUT2D eigenvalue weighted by Gasteiger charge is 2.16. The van der Waals surface area contributed by atoms with Crippen LogP contribution in [0.15, 0.2) is 83.4 Å². The van der Waals surface area contributed by atoms with Gasteiger partial charge >= 0.3 is 0 Å². The first-order valence-corrected chi connectivity index (χ1v) is 12.1. The molecular weight excluding hydrogens is 458 g/mol. The normalized spacial score (nSPS) is 11.9. The van der Waals surface area contributed by atoms with Gasteiger partial charge < -0.3 is 9.42 Å². The standard InChI is InChI=1S/C29H30ClN3O2/c1-20-28(21(2)35-32-20)19-33(3)26-15-9-22(10-16-26)17-27(34)18-31-29(23-7-5-4-6-8-23)24-11-13-25(30)14-12-24/h4-16,29,31H,17-19H2,1-3H3. The summed E-state index contributed by atoms with van der Waals surface area (Å²) >= 11 is 6.08. The van der Waals surface area contributed by atoms with Gasteiger partial charge in [-0.15, -0.1) is 0 Å². The van der Waals surface area contributed by atoms with Crippen LogP contribution in [0.1, 0.15) is 39.7 Å². The number of hydrogen-bond donors (Lipinski definition) is 1. The van der Waals surface area contributed by atoms with Crippen LogP contribution in [0.25, 0.3) is 0 Å². The second kappa shape index (κ2) is 11.3. The summed E-state index contributed by atoms with van der Waals surface area (Å²) in [4.78, 5) is 15.0. The average Bonchev–Trinajstić information content (AvgIpc) is 3.18. The molecule has 1 unspecified atom stereocenters. The smallest absolute Gasteiger partial charge is 0.150 e. The molecule has 35 heavy (non-hydrogen) atoms. The number of Topliss-reactive ketones (excluding diaryl/α,β-unsaturated/α-hetero) is 1. The van der Waals surface area contributed by atoms with Crippen molar-refractivity contribution in [3.63, 3.8) is 0 Å². The third-order valence-electron chi connectivity index (χ3n) is 6.19. The van der Waals surface area contributed by atoms with E-state index in [0.29, 0.717) is 11.4 Å². The van der Waals surface area contributed by atoms with Crippen LogP contribution in [0.5, 0.6) is 0 Å². The van der Waals surface area contributed by atoms with E-state index in [0.717, 1.165) is 45.9 Å². The van der Waals surface area contributed by atoms with Gasteiger partial charge in [0.15, 0.2) is 5.78 Å². The van der Waals surface area contributed by atoms with Gasteiger partial charge in [0.25, 0.3) is 0 Å². The lowest BCUT2D eigenvalue weighted by Gasteiger charge is -2.20. The fourth-order valence-electron chi connectivity index (χ4n) is 4.16. The minimum Gasteiger partial charge on any atom is -0.370 e. The predicted molar refractivity (Wildman–Crippen MR) is 141 cm³/mol. The molecule has 180 valence electrons. The Kier molecular flexibility index (Phi) is 8.01. The van der Waals surface area contributed by atoms with Crippen molar-refractivity contribution in [2.75, 3.05) is 18.5 Å². The van der Waals surface area contributed by atoms with E-state index >= 15 is 0 Å². The van der Waals surface area contributed by atoms with Gasteiger partial charge in [0.1, 0.15) is 5.76 Å². The molecular formula is C29H30ClN3O2. The molecule has 1 atom stereocenters. The molecule has 0 radical (unpaired) electrons. The highest BCUT2D eigenvalue weighted by molar-refractivity contribution is 6.30. The Morgan fingerprint density at radius 2 is 1.63 bits per heavy atom. The summed E-state index contributed by atoms with van der Waals surface area (Å²) in [5, 5.41) is 8.16. The van der Waals surface area contributed by atoms with Crippen molar-refractivity contribution in [3.05, 3.63) is 118 Å². The van der Waals surface area contributed by atoms with E-state index in [1.54, 1.807) is 0 Å². The number of aromatic nitrogens is 1. The number of carbonyl (C=O) groups excluding carboxylic acids is 1. The molecule has 0 aliphatic carbocycles. The maximum Gasteiger partial charge on any atom is 0.150 e. The lowest BCUT2D eigenvalue weighted by Crippen LogP contribution is -2.29. The molecule has 5 nitrogen and oxygen atoms in total. The number of carbonyl (C=O) groups is 1. The van der Waals surface area contributed by atoms with Gasteiger partial charge in [-0.3, -0.25) is 10.1 Å². The highest BCUT2D eigenvalue weighted by Crippen LogP contribution is 2.24. The number of nitrogens with one attached hydrogen (secondary N) is 1. The summed E-state index contributed by atoms with van der Waals surface area (Å²) in [6.07, 6.45) is 0.378. The average molecular weight is 488 g/mol. The number of nitrogens with zero attached hydrogens (tertiary/aromatic N) is 2. The second-order valence-electron chi connectivity index (χ2n) is 8.82. The van der Waals surface area contributed by atoms with Crippen LogP contribution in [-0.4, -0.2) is 24.5 Å². The number of aryl methyl sites for hydroxylation is 2. The van der Waals surface area contributed by atoms with Gasteiger partial charge in [0.2, 0.25) is 0 Å². The van der Waals surface area contributed by atoms with Gasteiger partial charge in [-0.25, -0.2) is 0 Å². The number of halogens is 1. The van der Waals surface area contributed by atoms with Gasteiger partial charge in [-0.2, -0.15) is 0 Å². The third-order valence-corrected chi connectivity index (χ3v) is 6.45. The first-order chi connectivity index (χ1) is 16.9. The fourth-order valence-corrected chi connectivity index (χ4v) is 4.29. The molecule has 0 amide bonds. The van der Waals surface area contributed by atoms with Crippen molar-refractivity contribution in [3.8, 4) is 0 Å². The van der Waals surface area contributed by atoms with Crippen molar-refractivity contribution >= 4 is 23.1 Å². The van der Waals surface area contributed by atoms with Gasteiger partial charge in [-0.05, 0) is 54.8 Å². The summed E-state index contributed by atoms with van der Waals surface area (Å²) in [5.74, 6) is 0.980. The molecule has 0 aliphatic heterocycles. The number of benzene rings is 3. The van der Waals surface area contributed by atoms with Crippen LogP contribution in [0.2, 0.25) is 5.02 Å². The van der Waals surface area contributed by atoms with E-state index in [-0.39, 0.29) is 18.4 Å². The lowest BCUT2D eigenvalue weighted by molar-refractivity contribution is -0.117. The van der Waals surface area contributed by atoms with E-state index in [9.17, 15) is 4.79 Å². The first kappa shape index (κ1) is 24.7. The van der Waals surface area contributed by atoms with Crippen LogP contribution in [0.4, 0.5) is 5.69 Å². The summed E-state index contributed by atoms with van der Waals surface area (Å²) in [5.41, 5.74) is 6.26. The Labute approximate surface area is 211 Å². The zero-order valence-corrected chi connectivity index (χ0v) is 21.0. The summed E-state index contributed by atoms with van der Waals surface area (Å²) in [7, 11) is 2.04. The topological polar surface area (TPSA) is 58.4 Å². The molecule has 0 fully saturated rings.